The number of nitrogens with one attached hydrogen (secondary N) is 1. The number of hydrogen-bond acceptors (Lipinski definition) is 4. The van der Waals surface area contributed by atoms with Gasteiger partial charge in [-0.25, -0.2) is 0 Å². The minimum atomic E-state index is -0.714. The van der Waals surface area contributed by atoms with E-state index in [1.54, 1.807) is 6.92 Å². The highest BCUT2D eigenvalue weighted by Crippen LogP contribution is 2.34. The SMILES string of the molecule is Cc1cccc(NC(=O)C(C)N2C(=O)/C(=C/c3ccc(-c4ccccc4)cc3)SC2=S)c1. The summed E-state index contributed by atoms with van der Waals surface area (Å²) in [7, 11) is 0. The summed E-state index contributed by atoms with van der Waals surface area (Å²) in [6, 6.07) is 24.9. The first-order chi connectivity index (χ1) is 15.4. The smallest absolute Gasteiger partial charge is 0.266 e. The Hall–Kier alpha value is -3.22. The molecule has 3 aromatic rings. The van der Waals surface area contributed by atoms with Crippen molar-refractivity contribution in [3.8, 4) is 11.1 Å². The van der Waals surface area contributed by atoms with Gasteiger partial charge in [-0.2, -0.15) is 0 Å². The topological polar surface area (TPSA) is 49.4 Å². The van der Waals surface area contributed by atoms with E-state index in [0.717, 1.165) is 22.3 Å². The standard InChI is InChI=1S/C26H22N2O2S2/c1-17-7-6-10-22(15-17)27-24(29)18(2)28-25(30)23(32-26(28)31)16-19-11-13-21(14-12-19)20-8-4-3-5-9-20/h3-16,18H,1-2H3,(H,27,29)/b23-16-. The van der Waals surface area contributed by atoms with Crippen LogP contribution in [0.1, 0.15) is 18.1 Å². The zero-order chi connectivity index (χ0) is 22.7. The van der Waals surface area contributed by atoms with E-state index in [2.05, 4.69) is 17.4 Å². The zero-order valence-corrected chi connectivity index (χ0v) is 19.4. The van der Waals surface area contributed by atoms with Crippen molar-refractivity contribution in [1.82, 2.24) is 4.90 Å². The van der Waals surface area contributed by atoms with Gasteiger partial charge in [0.1, 0.15) is 10.4 Å². The molecule has 0 aliphatic carbocycles. The second-order valence-corrected chi connectivity index (χ2v) is 9.25. The second kappa shape index (κ2) is 9.51. The molecule has 0 radical (unpaired) electrons. The molecule has 2 amide bonds. The molecule has 1 aliphatic heterocycles. The number of amides is 2. The molecule has 1 aliphatic rings. The number of anilines is 1. The number of thiocarbonyl (C=S) groups is 1. The summed E-state index contributed by atoms with van der Waals surface area (Å²) >= 11 is 6.64. The number of benzene rings is 3. The van der Waals surface area contributed by atoms with Crippen LogP contribution >= 0.6 is 24.0 Å². The van der Waals surface area contributed by atoms with E-state index < -0.39 is 6.04 Å². The molecule has 0 spiro atoms. The van der Waals surface area contributed by atoms with Crippen molar-refractivity contribution in [3.05, 3.63) is 94.9 Å². The quantitative estimate of drug-likeness (QED) is 0.383. The van der Waals surface area contributed by atoms with E-state index in [4.69, 9.17) is 12.2 Å². The molecule has 0 saturated carbocycles. The zero-order valence-electron chi connectivity index (χ0n) is 17.7. The van der Waals surface area contributed by atoms with Gasteiger partial charge in [0.05, 0.1) is 4.91 Å². The van der Waals surface area contributed by atoms with Gasteiger partial charge in [-0.15, -0.1) is 0 Å². The van der Waals surface area contributed by atoms with Crippen molar-refractivity contribution >= 4 is 51.9 Å². The van der Waals surface area contributed by atoms with E-state index in [1.807, 2.05) is 79.7 Å². The van der Waals surface area contributed by atoms with Crippen LogP contribution in [0.5, 0.6) is 0 Å². The van der Waals surface area contributed by atoms with Crippen LogP contribution in [-0.2, 0) is 9.59 Å². The summed E-state index contributed by atoms with van der Waals surface area (Å²) in [6.07, 6.45) is 1.82. The highest BCUT2D eigenvalue weighted by atomic mass is 32.2. The van der Waals surface area contributed by atoms with Crippen molar-refractivity contribution in [2.24, 2.45) is 0 Å². The van der Waals surface area contributed by atoms with Crippen molar-refractivity contribution in [2.75, 3.05) is 5.32 Å². The van der Waals surface area contributed by atoms with Gasteiger partial charge in [-0.3, -0.25) is 14.5 Å². The van der Waals surface area contributed by atoms with Crippen LogP contribution in [0.4, 0.5) is 5.69 Å². The number of aryl methyl sites for hydroxylation is 1. The van der Waals surface area contributed by atoms with Gasteiger partial charge in [0.15, 0.2) is 0 Å². The lowest BCUT2D eigenvalue weighted by Crippen LogP contribution is -2.44. The molecule has 4 rings (SSSR count). The van der Waals surface area contributed by atoms with Crippen LogP contribution in [0.25, 0.3) is 17.2 Å². The van der Waals surface area contributed by atoms with Gasteiger partial charge in [0, 0.05) is 5.69 Å². The maximum absolute atomic E-state index is 13.0. The highest BCUT2D eigenvalue weighted by molar-refractivity contribution is 8.26. The third-order valence-electron chi connectivity index (χ3n) is 5.19. The first-order valence-corrected chi connectivity index (χ1v) is 11.4. The average molecular weight is 459 g/mol. The van der Waals surface area contributed by atoms with Gasteiger partial charge in [0.25, 0.3) is 5.91 Å². The lowest BCUT2D eigenvalue weighted by Gasteiger charge is -2.22. The van der Waals surface area contributed by atoms with Crippen molar-refractivity contribution in [3.63, 3.8) is 0 Å². The predicted molar refractivity (Wildman–Crippen MR) is 136 cm³/mol. The molecule has 160 valence electrons. The van der Waals surface area contributed by atoms with Crippen LogP contribution in [-0.4, -0.2) is 27.1 Å². The molecule has 6 heteroatoms. The lowest BCUT2D eigenvalue weighted by atomic mass is 10.0. The van der Waals surface area contributed by atoms with Gasteiger partial charge in [-0.05, 0) is 54.3 Å². The first-order valence-electron chi connectivity index (χ1n) is 10.2. The van der Waals surface area contributed by atoms with E-state index in [-0.39, 0.29) is 11.8 Å². The second-order valence-electron chi connectivity index (χ2n) is 7.57. The Labute approximate surface area is 197 Å². The number of thioether (sulfide) groups is 1. The Kier molecular flexibility index (Phi) is 6.53. The summed E-state index contributed by atoms with van der Waals surface area (Å²) in [6.45, 7) is 3.64. The number of nitrogens with zero attached hydrogens (tertiary/aromatic N) is 1. The highest BCUT2D eigenvalue weighted by Gasteiger charge is 2.38. The van der Waals surface area contributed by atoms with Gasteiger partial charge in [0.2, 0.25) is 5.91 Å². The summed E-state index contributed by atoms with van der Waals surface area (Å²) in [5, 5.41) is 2.87. The average Bonchev–Trinajstić information content (AvgIpc) is 3.07. The summed E-state index contributed by atoms with van der Waals surface area (Å²) in [4.78, 5) is 27.7. The molecule has 0 bridgehead atoms. The van der Waals surface area contributed by atoms with Gasteiger partial charge >= 0.3 is 0 Å². The summed E-state index contributed by atoms with van der Waals surface area (Å²) in [5.41, 5.74) is 4.89. The van der Waals surface area contributed by atoms with E-state index in [0.29, 0.717) is 14.9 Å². The summed E-state index contributed by atoms with van der Waals surface area (Å²) < 4.78 is 0.383. The van der Waals surface area contributed by atoms with Gasteiger partial charge in [-0.1, -0.05) is 90.7 Å². The number of carbonyl (C=O) groups excluding carboxylic acids is 2. The van der Waals surface area contributed by atoms with Crippen LogP contribution in [0, 0.1) is 6.92 Å². The third-order valence-corrected chi connectivity index (χ3v) is 6.52. The molecule has 1 fully saturated rings. The molecule has 1 saturated heterocycles. The minimum Gasteiger partial charge on any atom is -0.324 e. The fraction of sp³-hybridized carbons (Fsp3) is 0.115. The Morgan fingerprint density at radius 2 is 1.69 bits per heavy atom. The fourth-order valence-corrected chi connectivity index (χ4v) is 4.87. The molecule has 1 N–H and O–H groups in total. The van der Waals surface area contributed by atoms with Crippen molar-refractivity contribution in [1.29, 1.82) is 0 Å². The van der Waals surface area contributed by atoms with Crippen molar-refractivity contribution < 1.29 is 9.59 Å². The first kappa shape index (κ1) is 22.0. The van der Waals surface area contributed by atoms with E-state index >= 15 is 0 Å². The molecule has 4 nitrogen and oxygen atoms in total. The Bertz CT molecular complexity index is 1200. The molecule has 1 atom stereocenters. The molecule has 3 aromatic carbocycles. The predicted octanol–water partition coefficient (Wildman–Crippen LogP) is 5.89. The van der Waals surface area contributed by atoms with Gasteiger partial charge < -0.3 is 5.32 Å². The summed E-state index contributed by atoms with van der Waals surface area (Å²) in [5.74, 6) is -0.528. The maximum atomic E-state index is 13.0. The lowest BCUT2D eigenvalue weighted by molar-refractivity contribution is -0.129. The number of hydrogen-bond donors (Lipinski definition) is 1. The molecule has 32 heavy (non-hydrogen) atoms. The Morgan fingerprint density at radius 1 is 1.00 bits per heavy atom. The Morgan fingerprint density at radius 3 is 2.38 bits per heavy atom. The fourth-order valence-electron chi connectivity index (χ4n) is 3.45. The molecule has 1 unspecified atom stereocenters. The molecule has 1 heterocycles. The third kappa shape index (κ3) is 4.82. The van der Waals surface area contributed by atoms with Crippen LogP contribution in [0.2, 0.25) is 0 Å². The van der Waals surface area contributed by atoms with Crippen molar-refractivity contribution in [2.45, 2.75) is 19.9 Å². The monoisotopic (exact) mass is 458 g/mol. The molecular weight excluding hydrogens is 436 g/mol. The van der Waals surface area contributed by atoms with Crippen LogP contribution in [0.15, 0.2) is 83.8 Å². The van der Waals surface area contributed by atoms with E-state index in [9.17, 15) is 9.59 Å². The Balaban J connectivity index is 1.48. The minimum absolute atomic E-state index is 0.251. The number of rotatable bonds is 5. The van der Waals surface area contributed by atoms with Crippen LogP contribution in [0.3, 0.4) is 0 Å². The maximum Gasteiger partial charge on any atom is 0.266 e. The normalized spacial score (nSPS) is 15.8. The number of carbonyl (C=O) groups is 2. The molecular formula is C26H22N2O2S2. The molecule has 0 aromatic heterocycles. The van der Waals surface area contributed by atoms with Crippen LogP contribution < -0.4 is 5.32 Å². The largest absolute Gasteiger partial charge is 0.324 e. The van der Waals surface area contributed by atoms with E-state index in [1.165, 1.54) is 16.7 Å².